The molecule has 2 aliphatic heterocycles. The molecular formula is C24H30F8N4O7. The number of carbonyl (C=O) groups is 5. The second-order valence-corrected chi connectivity index (χ2v) is 11.2. The van der Waals surface area contributed by atoms with Gasteiger partial charge in [0.15, 0.2) is 5.78 Å². The summed E-state index contributed by atoms with van der Waals surface area (Å²) in [6, 6.07) is -5.53. The fourth-order valence-electron chi connectivity index (χ4n) is 5.77. The first-order valence-corrected chi connectivity index (χ1v) is 13.1. The zero-order valence-electron chi connectivity index (χ0n) is 23.0. The van der Waals surface area contributed by atoms with Crippen LogP contribution in [-0.2, 0) is 33.4 Å². The van der Waals surface area contributed by atoms with Gasteiger partial charge in [0.1, 0.15) is 18.7 Å². The first-order chi connectivity index (χ1) is 19.6. The fraction of sp³-hybridized carbons (Fsp3) is 0.792. The van der Waals surface area contributed by atoms with Crippen molar-refractivity contribution in [2.24, 2.45) is 23.2 Å². The Morgan fingerprint density at radius 2 is 1.72 bits per heavy atom. The van der Waals surface area contributed by atoms with Crippen LogP contribution in [0.5, 0.6) is 0 Å². The maximum absolute atomic E-state index is 13.6. The van der Waals surface area contributed by atoms with E-state index in [-0.39, 0.29) is 19.5 Å². The Balaban J connectivity index is 1.88. The molecule has 0 bridgehead atoms. The number of ether oxygens (including phenoxy) is 2. The van der Waals surface area contributed by atoms with E-state index in [4.69, 9.17) is 0 Å². The second-order valence-electron chi connectivity index (χ2n) is 11.2. The van der Waals surface area contributed by atoms with Crippen molar-refractivity contribution in [2.45, 2.75) is 77.0 Å². The van der Waals surface area contributed by atoms with Crippen LogP contribution in [-0.4, -0.2) is 97.4 Å². The lowest BCUT2D eigenvalue weighted by atomic mass is 9.94. The lowest BCUT2D eigenvalue weighted by Gasteiger charge is -2.35. The molecule has 0 aromatic carbocycles. The molecule has 19 heteroatoms. The number of ketones is 1. The van der Waals surface area contributed by atoms with E-state index in [0.717, 1.165) is 11.8 Å². The van der Waals surface area contributed by atoms with Gasteiger partial charge in [-0.15, -0.1) is 13.2 Å². The molecule has 0 radical (unpaired) electrons. The van der Waals surface area contributed by atoms with Crippen LogP contribution in [0.25, 0.3) is 0 Å². The number of alkyl halides is 8. The average Bonchev–Trinajstić information content (AvgIpc) is 3.22. The molecule has 3 aliphatic rings. The number of likely N-dealkylation sites (tertiary alicyclic amines) is 1. The van der Waals surface area contributed by atoms with Crippen LogP contribution in [0.15, 0.2) is 0 Å². The van der Waals surface area contributed by atoms with Crippen LogP contribution >= 0.6 is 0 Å². The van der Waals surface area contributed by atoms with E-state index in [2.05, 4.69) is 20.1 Å². The van der Waals surface area contributed by atoms with E-state index in [1.807, 2.05) is 0 Å². The number of halogens is 8. The molecule has 1 aliphatic carbocycles. The van der Waals surface area contributed by atoms with Gasteiger partial charge in [-0.3, -0.25) is 28.7 Å². The van der Waals surface area contributed by atoms with Crippen LogP contribution in [0.2, 0.25) is 0 Å². The Morgan fingerprint density at radius 3 is 2.23 bits per heavy atom. The van der Waals surface area contributed by atoms with Gasteiger partial charge in [-0.05, 0) is 37.0 Å². The van der Waals surface area contributed by atoms with Gasteiger partial charge in [0.05, 0.1) is 12.1 Å². The minimum Gasteiger partial charge on any atom is -0.356 e. The number of hydrogen-bond acceptors (Lipinski definition) is 7. The molecule has 0 spiro atoms. The molecular weight excluding hydrogens is 608 g/mol. The molecule has 0 aromatic heterocycles. The number of nitrogens with one attached hydrogen (secondary N) is 3. The van der Waals surface area contributed by atoms with Gasteiger partial charge in [-0.2, -0.15) is 22.0 Å². The molecule has 3 N–H and O–H groups in total. The van der Waals surface area contributed by atoms with Crippen LogP contribution in [0, 0.1) is 23.2 Å². The summed E-state index contributed by atoms with van der Waals surface area (Å²) in [6.07, 6.45) is -12.9. The molecule has 3 rings (SSSR count). The van der Waals surface area contributed by atoms with Crippen LogP contribution < -0.4 is 16.0 Å². The minimum atomic E-state index is -5.51. The summed E-state index contributed by atoms with van der Waals surface area (Å²) < 4.78 is 110. The fourth-order valence-corrected chi connectivity index (χ4v) is 5.77. The lowest BCUT2D eigenvalue weighted by Crippen LogP contribution is -2.61. The highest BCUT2D eigenvalue weighted by Crippen LogP contribution is 2.65. The first-order valence-electron chi connectivity index (χ1n) is 13.1. The largest absolute Gasteiger partial charge is 0.522 e. The van der Waals surface area contributed by atoms with Crippen molar-refractivity contribution < 1.29 is 68.6 Å². The van der Waals surface area contributed by atoms with Crippen molar-refractivity contribution in [3.63, 3.8) is 0 Å². The van der Waals surface area contributed by atoms with E-state index in [1.54, 1.807) is 13.8 Å². The summed E-state index contributed by atoms with van der Waals surface area (Å²) in [4.78, 5) is 64.2. The smallest absolute Gasteiger partial charge is 0.356 e. The van der Waals surface area contributed by atoms with E-state index < -0.39 is 109 Å². The average molecular weight is 639 g/mol. The third-order valence-corrected chi connectivity index (χ3v) is 8.12. The summed E-state index contributed by atoms with van der Waals surface area (Å²) in [7, 11) is 0. The van der Waals surface area contributed by atoms with Gasteiger partial charge in [0.25, 0.3) is 0 Å². The number of fused-ring (bicyclic) bond motifs is 1. The van der Waals surface area contributed by atoms with Gasteiger partial charge < -0.3 is 25.6 Å². The van der Waals surface area contributed by atoms with Crippen LogP contribution in [0.4, 0.5) is 35.1 Å². The highest BCUT2D eigenvalue weighted by atomic mass is 19.4. The Bertz CT molecular complexity index is 1120. The quantitative estimate of drug-likeness (QED) is 0.273. The molecule has 0 aromatic rings. The Labute approximate surface area is 239 Å². The molecule has 43 heavy (non-hydrogen) atoms. The molecule has 2 heterocycles. The summed E-state index contributed by atoms with van der Waals surface area (Å²) in [5.41, 5.74) is -0.612. The molecule has 11 nitrogen and oxygen atoms in total. The Morgan fingerprint density at radius 1 is 1.09 bits per heavy atom. The van der Waals surface area contributed by atoms with Gasteiger partial charge >= 0.3 is 25.1 Å². The zero-order chi connectivity index (χ0) is 32.7. The van der Waals surface area contributed by atoms with Crippen molar-refractivity contribution >= 4 is 29.4 Å². The SMILES string of the molecule is C[C@@H](OC(F)F)[C@H](NC(=O)C(F)(F)F)C(=O)N1CC2C([C@H]1C(=O)N[C@@H](C[C@@H]1CCNC1=O)C(=O)COC(F)(F)F)C2(C)C. The summed E-state index contributed by atoms with van der Waals surface area (Å²) in [6.45, 7) is -0.877. The van der Waals surface area contributed by atoms with E-state index in [9.17, 15) is 59.1 Å². The highest BCUT2D eigenvalue weighted by molar-refractivity contribution is 5.97. The maximum Gasteiger partial charge on any atom is 0.522 e. The molecule has 1 saturated carbocycles. The minimum absolute atomic E-state index is 0.201. The number of carbonyl (C=O) groups excluding carboxylic acids is 5. The van der Waals surface area contributed by atoms with Gasteiger partial charge in [0.2, 0.25) is 17.7 Å². The summed E-state index contributed by atoms with van der Waals surface area (Å²) in [5, 5.41) is 6.06. The molecule has 2 unspecified atom stereocenters. The number of amides is 4. The first kappa shape index (κ1) is 34.4. The third-order valence-electron chi connectivity index (χ3n) is 8.12. The predicted molar refractivity (Wildman–Crippen MR) is 125 cm³/mol. The molecule has 244 valence electrons. The number of Topliss-reactive ketones (excluding diaryl/α,β-unsaturated/α-hetero) is 1. The summed E-state index contributed by atoms with van der Waals surface area (Å²) >= 11 is 0. The topological polar surface area (TPSA) is 143 Å². The van der Waals surface area contributed by atoms with Gasteiger partial charge in [-0.25, -0.2) is 0 Å². The number of hydrogen-bond donors (Lipinski definition) is 3. The monoisotopic (exact) mass is 638 g/mol. The second kappa shape index (κ2) is 12.5. The normalized spacial score (nSPS) is 26.8. The van der Waals surface area contributed by atoms with Crippen molar-refractivity contribution in [1.29, 1.82) is 0 Å². The maximum atomic E-state index is 13.6. The Hall–Kier alpha value is -3.09. The molecule has 7 atom stereocenters. The van der Waals surface area contributed by atoms with E-state index in [1.165, 1.54) is 5.32 Å². The van der Waals surface area contributed by atoms with Gasteiger partial charge in [0, 0.05) is 19.0 Å². The van der Waals surface area contributed by atoms with E-state index in [0.29, 0.717) is 0 Å². The van der Waals surface area contributed by atoms with Crippen molar-refractivity contribution in [1.82, 2.24) is 20.9 Å². The highest BCUT2D eigenvalue weighted by Gasteiger charge is 2.70. The van der Waals surface area contributed by atoms with Crippen molar-refractivity contribution in [3.05, 3.63) is 0 Å². The number of rotatable bonds is 12. The zero-order valence-corrected chi connectivity index (χ0v) is 23.0. The van der Waals surface area contributed by atoms with Crippen molar-refractivity contribution in [2.75, 3.05) is 19.7 Å². The third kappa shape index (κ3) is 8.10. The lowest BCUT2D eigenvalue weighted by molar-refractivity contribution is -0.321. The molecule has 4 amide bonds. The van der Waals surface area contributed by atoms with Crippen LogP contribution in [0.1, 0.15) is 33.6 Å². The predicted octanol–water partition coefficient (Wildman–Crippen LogP) is 1.26. The van der Waals surface area contributed by atoms with E-state index >= 15 is 0 Å². The van der Waals surface area contributed by atoms with Crippen LogP contribution in [0.3, 0.4) is 0 Å². The molecule has 3 fully saturated rings. The number of piperidine rings is 1. The van der Waals surface area contributed by atoms with Crippen molar-refractivity contribution in [3.8, 4) is 0 Å². The van der Waals surface area contributed by atoms with Gasteiger partial charge in [-0.1, -0.05) is 13.8 Å². The number of nitrogens with zero attached hydrogens (tertiary/aromatic N) is 1. The summed E-state index contributed by atoms with van der Waals surface area (Å²) in [5.74, 6) is -8.78. The standard InChI is InChI=1S/C24H30F8N4O7/c1-9(43-21(25)26)15(35-20(41)23(27,28)29)19(40)36-7-11-14(22(11,2)3)16(36)18(39)34-12(6-10-4-5-33-17(10)38)13(37)8-42-24(30,31)32/h9-12,14-16,21H,4-8H2,1-3H3,(H,33,38)(H,34,39)(H,35,41)/t9-,10+,11?,12+,14?,15+,16+/m1/s1. The Kier molecular flexibility index (Phi) is 9.99. The molecule has 2 saturated heterocycles.